The molecule has 1 amide bonds. The van der Waals surface area contributed by atoms with E-state index in [-0.39, 0.29) is 5.91 Å². The van der Waals surface area contributed by atoms with Gasteiger partial charge in [-0.3, -0.25) is 4.79 Å². The molecule has 3 aromatic rings. The number of benzene rings is 2. The smallest absolute Gasteiger partial charge is 0.265 e. The quantitative estimate of drug-likeness (QED) is 0.659. The number of methoxy groups -OCH3 is 1. The minimum atomic E-state index is -0.715. The highest BCUT2D eigenvalue weighted by molar-refractivity contribution is 9.10. The molecule has 0 bridgehead atoms. The normalized spacial score (nSPS) is 11.7. The van der Waals surface area contributed by atoms with E-state index in [0.29, 0.717) is 16.0 Å². The number of nitrogens with zero attached hydrogens (tertiary/aromatic N) is 2. The van der Waals surface area contributed by atoms with Gasteiger partial charge >= 0.3 is 0 Å². The van der Waals surface area contributed by atoms with Crippen molar-refractivity contribution in [2.75, 3.05) is 12.4 Å². The van der Waals surface area contributed by atoms with E-state index >= 15 is 0 Å². The summed E-state index contributed by atoms with van der Waals surface area (Å²) >= 11 is 3.42. The number of halogens is 1. The fourth-order valence-electron chi connectivity index (χ4n) is 2.27. The van der Waals surface area contributed by atoms with Gasteiger partial charge in [0.25, 0.3) is 5.91 Å². The van der Waals surface area contributed by atoms with E-state index in [4.69, 9.17) is 9.47 Å². The molecule has 2 aromatic carbocycles. The van der Waals surface area contributed by atoms with Crippen LogP contribution in [0.15, 0.2) is 65.3 Å². The first kappa shape index (κ1) is 18.0. The number of rotatable bonds is 6. The molecule has 134 valence electrons. The average Bonchev–Trinajstić information content (AvgIpc) is 3.03. The first-order chi connectivity index (χ1) is 12.6. The molecule has 1 heterocycles. The van der Waals surface area contributed by atoms with Crippen molar-refractivity contribution in [1.29, 1.82) is 0 Å². The molecule has 6 nitrogen and oxygen atoms in total. The van der Waals surface area contributed by atoms with Crippen molar-refractivity contribution in [3.63, 3.8) is 0 Å². The topological polar surface area (TPSA) is 65.4 Å². The molecule has 7 heteroatoms. The molecular formula is C19H18BrN3O3. The van der Waals surface area contributed by atoms with Crippen LogP contribution in [0, 0.1) is 0 Å². The van der Waals surface area contributed by atoms with Gasteiger partial charge in [-0.05, 0) is 59.3 Å². The van der Waals surface area contributed by atoms with Crippen LogP contribution in [-0.2, 0) is 4.79 Å². The molecule has 1 N–H and O–H groups in total. The van der Waals surface area contributed by atoms with Crippen LogP contribution < -0.4 is 14.8 Å². The summed E-state index contributed by atoms with van der Waals surface area (Å²) in [4.78, 5) is 12.3. The largest absolute Gasteiger partial charge is 0.497 e. The summed E-state index contributed by atoms with van der Waals surface area (Å²) in [6.07, 6.45) is 1.08. The number of hydrogen-bond acceptors (Lipinski definition) is 4. The molecule has 0 saturated carbocycles. The van der Waals surface area contributed by atoms with E-state index in [1.807, 2.05) is 30.3 Å². The fraction of sp³-hybridized carbons (Fsp3) is 0.158. The van der Waals surface area contributed by atoms with Crippen molar-refractivity contribution >= 4 is 27.5 Å². The van der Waals surface area contributed by atoms with E-state index in [9.17, 15) is 4.79 Å². The molecule has 1 atom stereocenters. The molecule has 0 saturated heterocycles. The predicted octanol–water partition coefficient (Wildman–Crippen LogP) is 4.05. The number of aromatic nitrogens is 2. The Hall–Kier alpha value is -2.80. The van der Waals surface area contributed by atoms with Crippen molar-refractivity contribution in [2.24, 2.45) is 0 Å². The number of amides is 1. The van der Waals surface area contributed by atoms with Crippen LogP contribution >= 0.6 is 15.9 Å². The molecule has 0 aliphatic rings. The molecule has 0 aliphatic heterocycles. The fourth-order valence-corrected chi connectivity index (χ4v) is 2.64. The molecular weight excluding hydrogens is 398 g/mol. The lowest BCUT2D eigenvalue weighted by Crippen LogP contribution is -2.30. The molecule has 0 fully saturated rings. The number of anilines is 1. The predicted molar refractivity (Wildman–Crippen MR) is 103 cm³/mol. The van der Waals surface area contributed by atoms with E-state index < -0.39 is 6.10 Å². The number of carbonyl (C=O) groups is 1. The summed E-state index contributed by atoms with van der Waals surface area (Å²) in [5.41, 5.74) is 1.57. The molecule has 26 heavy (non-hydrogen) atoms. The Kier molecular flexibility index (Phi) is 5.58. The highest BCUT2D eigenvalue weighted by Crippen LogP contribution is 2.25. The number of para-hydroxylation sites is 1. The van der Waals surface area contributed by atoms with Crippen molar-refractivity contribution in [1.82, 2.24) is 9.78 Å². The van der Waals surface area contributed by atoms with Gasteiger partial charge in [0.2, 0.25) is 5.88 Å². The average molecular weight is 416 g/mol. The third kappa shape index (κ3) is 4.23. The Morgan fingerprint density at radius 1 is 1.15 bits per heavy atom. The monoisotopic (exact) mass is 415 g/mol. The minimum absolute atomic E-state index is 0.267. The van der Waals surface area contributed by atoms with Crippen molar-refractivity contribution in [3.8, 4) is 17.3 Å². The standard InChI is InChI=1S/C19H18BrN3O3/c1-13(18(24)21-14-8-10-16(25-2)11-9-14)26-19-17(20)12-23(22-19)15-6-4-3-5-7-15/h3-13H,1-2H3,(H,21,24)/t13-/m0/s1. The van der Waals surface area contributed by atoms with E-state index in [1.165, 1.54) is 0 Å². The lowest BCUT2D eigenvalue weighted by molar-refractivity contribution is -0.122. The number of hydrogen-bond donors (Lipinski definition) is 1. The Bertz CT molecular complexity index is 879. The van der Waals surface area contributed by atoms with E-state index in [0.717, 1.165) is 11.4 Å². The van der Waals surface area contributed by atoms with Crippen LogP contribution in [0.1, 0.15) is 6.92 Å². The van der Waals surface area contributed by atoms with Gasteiger partial charge in [0.1, 0.15) is 5.75 Å². The molecule has 3 rings (SSSR count). The highest BCUT2D eigenvalue weighted by atomic mass is 79.9. The van der Waals surface area contributed by atoms with Crippen molar-refractivity contribution in [3.05, 3.63) is 65.3 Å². The van der Waals surface area contributed by atoms with Crippen LogP contribution in [0.5, 0.6) is 11.6 Å². The summed E-state index contributed by atoms with van der Waals surface area (Å²) in [7, 11) is 1.59. The molecule has 0 aliphatic carbocycles. The molecule has 0 radical (unpaired) electrons. The second kappa shape index (κ2) is 8.05. The Balaban J connectivity index is 1.66. The second-order valence-electron chi connectivity index (χ2n) is 5.54. The number of carbonyl (C=O) groups excluding carboxylic acids is 1. The van der Waals surface area contributed by atoms with Crippen LogP contribution in [0.2, 0.25) is 0 Å². The van der Waals surface area contributed by atoms with Gasteiger partial charge in [0, 0.05) is 11.9 Å². The molecule has 1 aromatic heterocycles. The zero-order chi connectivity index (χ0) is 18.5. The van der Waals surface area contributed by atoms with E-state index in [1.54, 1.807) is 49.2 Å². The third-order valence-corrected chi connectivity index (χ3v) is 4.22. The Labute approximate surface area is 159 Å². The zero-order valence-electron chi connectivity index (χ0n) is 14.3. The zero-order valence-corrected chi connectivity index (χ0v) is 15.9. The first-order valence-corrected chi connectivity index (χ1v) is 8.78. The Morgan fingerprint density at radius 2 is 1.85 bits per heavy atom. The minimum Gasteiger partial charge on any atom is -0.497 e. The van der Waals surface area contributed by atoms with Crippen molar-refractivity contribution < 1.29 is 14.3 Å². The maximum absolute atomic E-state index is 12.3. The lowest BCUT2D eigenvalue weighted by Gasteiger charge is -2.13. The lowest BCUT2D eigenvalue weighted by atomic mass is 10.3. The van der Waals surface area contributed by atoms with Gasteiger partial charge < -0.3 is 14.8 Å². The summed E-state index contributed by atoms with van der Waals surface area (Å²) < 4.78 is 13.2. The van der Waals surface area contributed by atoms with Gasteiger partial charge in [0.05, 0.1) is 17.3 Å². The van der Waals surface area contributed by atoms with Gasteiger partial charge in [0.15, 0.2) is 6.10 Å². The number of ether oxygens (including phenoxy) is 2. The van der Waals surface area contributed by atoms with Crippen LogP contribution in [0.4, 0.5) is 5.69 Å². The molecule has 0 spiro atoms. The maximum Gasteiger partial charge on any atom is 0.265 e. The Morgan fingerprint density at radius 3 is 2.50 bits per heavy atom. The van der Waals surface area contributed by atoms with E-state index in [2.05, 4.69) is 26.3 Å². The van der Waals surface area contributed by atoms with Crippen molar-refractivity contribution in [2.45, 2.75) is 13.0 Å². The van der Waals surface area contributed by atoms with Gasteiger partial charge in [-0.2, -0.15) is 0 Å². The first-order valence-electron chi connectivity index (χ1n) is 7.99. The molecule has 0 unspecified atom stereocenters. The maximum atomic E-state index is 12.3. The highest BCUT2D eigenvalue weighted by Gasteiger charge is 2.19. The van der Waals surface area contributed by atoms with Crippen LogP contribution in [-0.4, -0.2) is 28.9 Å². The number of nitrogens with one attached hydrogen (secondary N) is 1. The SMILES string of the molecule is COc1ccc(NC(=O)[C@H](C)Oc2nn(-c3ccccc3)cc2Br)cc1. The van der Waals surface area contributed by atoms with Crippen LogP contribution in [0.3, 0.4) is 0 Å². The third-order valence-electron chi connectivity index (χ3n) is 3.67. The summed E-state index contributed by atoms with van der Waals surface area (Å²) in [6.45, 7) is 1.67. The second-order valence-corrected chi connectivity index (χ2v) is 6.39. The van der Waals surface area contributed by atoms with Gasteiger partial charge in [-0.1, -0.05) is 18.2 Å². The summed E-state index contributed by atoms with van der Waals surface area (Å²) in [6, 6.07) is 16.7. The summed E-state index contributed by atoms with van der Waals surface area (Å²) in [5, 5.41) is 7.18. The van der Waals surface area contributed by atoms with Crippen LogP contribution in [0.25, 0.3) is 5.69 Å². The van der Waals surface area contributed by atoms with Gasteiger partial charge in [-0.15, -0.1) is 5.10 Å². The summed E-state index contributed by atoms with van der Waals surface area (Å²) in [5.74, 6) is 0.810. The van der Waals surface area contributed by atoms with Gasteiger partial charge in [-0.25, -0.2) is 4.68 Å².